The number of hydrogen-bond donors (Lipinski definition) is 1. The van der Waals surface area contributed by atoms with Gasteiger partial charge in [-0.15, -0.1) is 0 Å². The first-order valence-electron chi connectivity index (χ1n) is 7.78. The van der Waals surface area contributed by atoms with Gasteiger partial charge in [-0.1, -0.05) is 25.1 Å². The lowest BCUT2D eigenvalue weighted by Crippen LogP contribution is -2.51. The lowest BCUT2D eigenvalue weighted by Gasteiger charge is -2.37. The van der Waals surface area contributed by atoms with E-state index in [1.165, 1.54) is 6.07 Å². The van der Waals surface area contributed by atoms with E-state index < -0.39 is 10.0 Å². The van der Waals surface area contributed by atoms with Gasteiger partial charge in [0.1, 0.15) is 5.82 Å². The predicted molar refractivity (Wildman–Crippen MR) is 86.4 cm³/mol. The van der Waals surface area contributed by atoms with Gasteiger partial charge in [-0.05, 0) is 32.3 Å². The molecule has 1 aliphatic heterocycles. The molecule has 1 N–H and O–H groups in total. The number of benzene rings is 1. The molecule has 124 valence electrons. The van der Waals surface area contributed by atoms with Gasteiger partial charge in [-0.3, -0.25) is 0 Å². The van der Waals surface area contributed by atoms with Crippen molar-refractivity contribution >= 4 is 10.0 Å². The van der Waals surface area contributed by atoms with Crippen LogP contribution < -0.4 is 5.32 Å². The third kappa shape index (κ3) is 3.86. The van der Waals surface area contributed by atoms with Crippen molar-refractivity contribution in [3.8, 4) is 0 Å². The van der Waals surface area contributed by atoms with Crippen LogP contribution >= 0.6 is 0 Å². The van der Waals surface area contributed by atoms with E-state index >= 15 is 0 Å². The lowest BCUT2D eigenvalue weighted by molar-refractivity contribution is 0.218. The summed E-state index contributed by atoms with van der Waals surface area (Å²) >= 11 is 0. The molecule has 1 fully saturated rings. The van der Waals surface area contributed by atoms with Gasteiger partial charge in [-0.25, -0.2) is 17.1 Å². The molecular weight excluding hydrogens is 303 g/mol. The molecular formula is C16H25FN2O2S. The Balaban J connectivity index is 1.93. The van der Waals surface area contributed by atoms with Crippen molar-refractivity contribution in [2.24, 2.45) is 5.92 Å². The van der Waals surface area contributed by atoms with Crippen molar-refractivity contribution in [3.05, 3.63) is 35.6 Å². The number of rotatable bonds is 5. The third-order valence-corrected chi connectivity index (χ3v) is 6.58. The Hall–Kier alpha value is -0.980. The van der Waals surface area contributed by atoms with Gasteiger partial charge in [0.2, 0.25) is 10.0 Å². The van der Waals surface area contributed by atoms with Crippen LogP contribution in [0.2, 0.25) is 0 Å². The second kappa shape index (κ2) is 7.06. The van der Waals surface area contributed by atoms with Gasteiger partial charge in [0.25, 0.3) is 0 Å². The standard InChI is InChI=1S/C16H25FN2O2S/c1-12(2)22(20,21)19-9-8-16(13(3)11-19)18-10-14-6-4-5-7-15(14)17/h4-7,12-13,16,18H,8-11H2,1-3H3/t13-,16-/m0/s1. The summed E-state index contributed by atoms with van der Waals surface area (Å²) in [5.41, 5.74) is 0.645. The summed E-state index contributed by atoms with van der Waals surface area (Å²) in [4.78, 5) is 0. The molecule has 1 aliphatic rings. The molecule has 6 heteroatoms. The van der Waals surface area contributed by atoms with Gasteiger partial charge < -0.3 is 5.32 Å². The molecule has 0 aliphatic carbocycles. The fourth-order valence-corrected chi connectivity index (χ4v) is 4.22. The molecule has 2 rings (SSSR count). The molecule has 4 nitrogen and oxygen atoms in total. The van der Waals surface area contributed by atoms with E-state index in [1.807, 2.05) is 13.0 Å². The summed E-state index contributed by atoms with van der Waals surface area (Å²) in [6.45, 7) is 6.99. The molecule has 0 unspecified atom stereocenters. The van der Waals surface area contributed by atoms with Crippen molar-refractivity contribution in [1.29, 1.82) is 0 Å². The molecule has 1 saturated heterocycles. The summed E-state index contributed by atoms with van der Waals surface area (Å²) in [7, 11) is -3.18. The van der Waals surface area contributed by atoms with Crippen molar-refractivity contribution in [1.82, 2.24) is 9.62 Å². The van der Waals surface area contributed by atoms with Crippen molar-refractivity contribution in [2.75, 3.05) is 13.1 Å². The summed E-state index contributed by atoms with van der Waals surface area (Å²) < 4.78 is 39.6. The molecule has 0 bridgehead atoms. The maximum Gasteiger partial charge on any atom is 0.216 e. The van der Waals surface area contributed by atoms with Gasteiger partial charge in [-0.2, -0.15) is 0 Å². The van der Waals surface area contributed by atoms with E-state index in [0.29, 0.717) is 25.2 Å². The highest BCUT2D eigenvalue weighted by molar-refractivity contribution is 7.89. The fraction of sp³-hybridized carbons (Fsp3) is 0.625. The Kier molecular flexibility index (Phi) is 5.58. The molecule has 1 heterocycles. The first kappa shape index (κ1) is 17.4. The van der Waals surface area contributed by atoms with E-state index in [4.69, 9.17) is 0 Å². The van der Waals surface area contributed by atoms with Gasteiger partial charge in [0.15, 0.2) is 0 Å². The number of nitrogens with one attached hydrogen (secondary N) is 1. The highest BCUT2D eigenvalue weighted by Gasteiger charge is 2.33. The smallest absolute Gasteiger partial charge is 0.216 e. The van der Waals surface area contributed by atoms with Gasteiger partial charge >= 0.3 is 0 Å². The van der Waals surface area contributed by atoms with Crippen LogP contribution in [0.15, 0.2) is 24.3 Å². The van der Waals surface area contributed by atoms with Crippen molar-refractivity contribution < 1.29 is 12.8 Å². The van der Waals surface area contributed by atoms with Crippen molar-refractivity contribution in [3.63, 3.8) is 0 Å². The highest BCUT2D eigenvalue weighted by Crippen LogP contribution is 2.22. The van der Waals surface area contributed by atoms with E-state index in [1.54, 1.807) is 30.3 Å². The van der Waals surface area contributed by atoms with Crippen LogP contribution in [-0.4, -0.2) is 37.1 Å². The maximum absolute atomic E-state index is 13.6. The van der Waals surface area contributed by atoms with Crippen LogP contribution in [0.4, 0.5) is 4.39 Å². The first-order valence-corrected chi connectivity index (χ1v) is 9.28. The molecule has 2 atom stereocenters. The molecule has 0 saturated carbocycles. The average molecular weight is 328 g/mol. The SMILES string of the molecule is CC(C)S(=O)(=O)N1CC[C@H](NCc2ccccc2F)[C@@H](C)C1. The highest BCUT2D eigenvalue weighted by atomic mass is 32.2. The zero-order chi connectivity index (χ0) is 16.3. The van der Waals surface area contributed by atoms with E-state index in [2.05, 4.69) is 5.32 Å². The number of sulfonamides is 1. The topological polar surface area (TPSA) is 49.4 Å². The third-order valence-electron chi connectivity index (χ3n) is 4.34. The summed E-state index contributed by atoms with van der Waals surface area (Å²) in [6.07, 6.45) is 0.752. The average Bonchev–Trinajstić information content (AvgIpc) is 2.47. The van der Waals surface area contributed by atoms with Crippen LogP contribution in [0.1, 0.15) is 32.8 Å². The summed E-state index contributed by atoms with van der Waals surface area (Å²) in [5.74, 6) is -0.00322. The van der Waals surface area contributed by atoms with Crippen LogP contribution in [0, 0.1) is 11.7 Å². The fourth-order valence-electron chi connectivity index (χ4n) is 2.82. The molecule has 0 spiro atoms. The van der Waals surface area contributed by atoms with Crippen LogP contribution in [-0.2, 0) is 16.6 Å². The Bertz CT molecular complexity index is 604. The van der Waals surface area contributed by atoms with Crippen LogP contribution in [0.5, 0.6) is 0 Å². The Morgan fingerprint density at radius 2 is 2.05 bits per heavy atom. The van der Waals surface area contributed by atoms with Gasteiger partial charge in [0.05, 0.1) is 5.25 Å². The van der Waals surface area contributed by atoms with Crippen LogP contribution in [0.25, 0.3) is 0 Å². The maximum atomic E-state index is 13.6. The zero-order valence-corrected chi connectivity index (χ0v) is 14.2. The van der Waals surface area contributed by atoms with E-state index in [0.717, 1.165) is 6.42 Å². The number of halogens is 1. The molecule has 0 aromatic heterocycles. The Morgan fingerprint density at radius 3 is 2.64 bits per heavy atom. The van der Waals surface area contributed by atoms with Crippen molar-refractivity contribution in [2.45, 2.75) is 45.0 Å². The molecule has 0 radical (unpaired) electrons. The van der Waals surface area contributed by atoms with E-state index in [9.17, 15) is 12.8 Å². The second-order valence-electron chi connectivity index (χ2n) is 6.30. The molecule has 22 heavy (non-hydrogen) atoms. The molecule has 1 aromatic rings. The number of piperidine rings is 1. The summed E-state index contributed by atoms with van der Waals surface area (Å²) in [5, 5.41) is 2.98. The quantitative estimate of drug-likeness (QED) is 0.903. The first-order chi connectivity index (χ1) is 10.3. The number of hydrogen-bond acceptors (Lipinski definition) is 3. The molecule has 0 amide bonds. The minimum atomic E-state index is -3.18. The van der Waals surface area contributed by atoms with Crippen LogP contribution in [0.3, 0.4) is 0 Å². The van der Waals surface area contributed by atoms with E-state index in [-0.39, 0.29) is 23.0 Å². The molecule has 1 aromatic carbocycles. The monoisotopic (exact) mass is 328 g/mol. The summed E-state index contributed by atoms with van der Waals surface area (Å²) in [6, 6.07) is 6.93. The Labute approximate surface area is 132 Å². The lowest BCUT2D eigenvalue weighted by atomic mass is 9.95. The Morgan fingerprint density at radius 1 is 1.36 bits per heavy atom. The largest absolute Gasteiger partial charge is 0.309 e. The second-order valence-corrected chi connectivity index (χ2v) is 8.79. The normalized spacial score (nSPS) is 23.9. The predicted octanol–water partition coefficient (Wildman–Crippen LogP) is 2.36. The van der Waals surface area contributed by atoms with Gasteiger partial charge in [0, 0.05) is 31.2 Å². The minimum Gasteiger partial charge on any atom is -0.309 e. The minimum absolute atomic E-state index is 0.203. The number of nitrogens with zero attached hydrogens (tertiary/aromatic N) is 1. The zero-order valence-electron chi connectivity index (χ0n) is 13.4.